The van der Waals surface area contributed by atoms with Crippen LogP contribution in [0.15, 0.2) is 24.3 Å². The van der Waals surface area contributed by atoms with Crippen molar-refractivity contribution < 1.29 is 19.4 Å². The van der Waals surface area contributed by atoms with Crippen molar-refractivity contribution >= 4 is 11.9 Å². The fourth-order valence-electron chi connectivity index (χ4n) is 3.28. The maximum Gasteiger partial charge on any atom is 0.335 e. The van der Waals surface area contributed by atoms with Crippen LogP contribution in [0.5, 0.6) is 0 Å². The molecular weight excluding hydrogens is 308 g/mol. The second-order valence-electron chi connectivity index (χ2n) is 6.38. The summed E-state index contributed by atoms with van der Waals surface area (Å²) in [6.07, 6.45) is 3.15. The van der Waals surface area contributed by atoms with Crippen molar-refractivity contribution in [3.05, 3.63) is 35.4 Å². The maximum absolute atomic E-state index is 11.5. The number of hydrogen-bond acceptors (Lipinski definition) is 4. The van der Waals surface area contributed by atoms with Crippen molar-refractivity contribution in [3.8, 4) is 0 Å². The normalized spacial score (nSPS) is 21.4. The van der Waals surface area contributed by atoms with E-state index in [4.69, 9.17) is 9.84 Å². The van der Waals surface area contributed by atoms with Gasteiger partial charge in [0.1, 0.15) is 0 Å². The van der Waals surface area contributed by atoms with Crippen LogP contribution in [0.1, 0.15) is 41.6 Å². The van der Waals surface area contributed by atoms with Gasteiger partial charge >= 0.3 is 5.97 Å². The van der Waals surface area contributed by atoms with Crippen LogP contribution in [0.25, 0.3) is 0 Å². The largest absolute Gasteiger partial charge is 0.478 e. The molecular formula is C18H26N2O4. The number of rotatable bonds is 7. The molecule has 1 amide bonds. The van der Waals surface area contributed by atoms with E-state index in [1.54, 1.807) is 26.3 Å². The number of hydrogen-bond donors (Lipinski definition) is 2. The lowest BCUT2D eigenvalue weighted by Crippen LogP contribution is -2.49. The summed E-state index contributed by atoms with van der Waals surface area (Å²) in [6.45, 7) is 2.51. The zero-order valence-corrected chi connectivity index (χ0v) is 14.4. The Balaban J connectivity index is 1.98. The fourth-order valence-corrected chi connectivity index (χ4v) is 3.28. The first-order valence-electron chi connectivity index (χ1n) is 8.28. The van der Waals surface area contributed by atoms with Gasteiger partial charge < -0.3 is 15.2 Å². The number of carbonyl (C=O) groups is 2. The van der Waals surface area contributed by atoms with Gasteiger partial charge in [-0.05, 0) is 43.5 Å². The van der Waals surface area contributed by atoms with Crippen molar-refractivity contribution in [1.29, 1.82) is 0 Å². The molecule has 0 aromatic heterocycles. The Hall–Kier alpha value is -1.92. The molecule has 6 nitrogen and oxygen atoms in total. The number of aromatic carboxylic acids is 1. The number of piperidine rings is 1. The zero-order valence-electron chi connectivity index (χ0n) is 14.4. The number of ether oxygens (including phenoxy) is 1. The summed E-state index contributed by atoms with van der Waals surface area (Å²) in [7, 11) is 3.37. The number of amides is 1. The first kappa shape index (κ1) is 18.4. The number of carboxylic acid groups (broad SMARTS) is 1. The highest BCUT2D eigenvalue weighted by Gasteiger charge is 2.35. The molecule has 0 bridgehead atoms. The van der Waals surface area contributed by atoms with Gasteiger partial charge in [0.15, 0.2) is 0 Å². The van der Waals surface area contributed by atoms with E-state index < -0.39 is 5.97 Å². The van der Waals surface area contributed by atoms with E-state index in [1.807, 2.05) is 12.1 Å². The van der Waals surface area contributed by atoms with Crippen molar-refractivity contribution in [2.75, 3.05) is 27.2 Å². The molecule has 1 aromatic carbocycles. The second-order valence-corrected chi connectivity index (χ2v) is 6.38. The van der Waals surface area contributed by atoms with Gasteiger partial charge in [-0.25, -0.2) is 4.79 Å². The van der Waals surface area contributed by atoms with Crippen LogP contribution < -0.4 is 5.32 Å². The molecule has 24 heavy (non-hydrogen) atoms. The first-order valence-corrected chi connectivity index (χ1v) is 8.28. The van der Waals surface area contributed by atoms with Gasteiger partial charge in [-0.1, -0.05) is 12.1 Å². The summed E-state index contributed by atoms with van der Waals surface area (Å²) in [5.74, 6) is -0.875. The van der Waals surface area contributed by atoms with Crippen LogP contribution in [0, 0.1) is 0 Å². The predicted octanol–water partition coefficient (Wildman–Crippen LogP) is 1.89. The summed E-state index contributed by atoms with van der Waals surface area (Å²) in [5, 5.41) is 11.6. The number of carbonyl (C=O) groups excluding carboxylic acids is 1. The number of methoxy groups -OCH3 is 1. The number of nitrogens with zero attached hydrogens (tertiary/aromatic N) is 1. The number of benzene rings is 1. The monoisotopic (exact) mass is 334 g/mol. The summed E-state index contributed by atoms with van der Waals surface area (Å²) in [5.41, 5.74) is 1.10. The third-order valence-electron chi connectivity index (χ3n) is 4.75. The summed E-state index contributed by atoms with van der Waals surface area (Å²) in [4.78, 5) is 24.8. The molecule has 1 heterocycles. The Morgan fingerprint density at radius 3 is 2.62 bits per heavy atom. The summed E-state index contributed by atoms with van der Waals surface area (Å²) < 4.78 is 5.79. The van der Waals surface area contributed by atoms with Crippen molar-refractivity contribution in [2.45, 2.75) is 37.8 Å². The average molecular weight is 334 g/mol. The minimum Gasteiger partial charge on any atom is -0.478 e. The van der Waals surface area contributed by atoms with E-state index >= 15 is 0 Å². The molecule has 0 radical (unpaired) electrons. The number of nitrogens with one attached hydrogen (secondary N) is 1. The van der Waals surface area contributed by atoms with Crippen LogP contribution in [-0.2, 0) is 16.1 Å². The molecule has 1 atom stereocenters. The average Bonchev–Trinajstić information content (AvgIpc) is 2.60. The van der Waals surface area contributed by atoms with Gasteiger partial charge in [-0.3, -0.25) is 9.69 Å². The maximum atomic E-state index is 11.5. The van der Waals surface area contributed by atoms with Crippen LogP contribution in [0.2, 0.25) is 0 Å². The molecule has 1 aromatic rings. The van der Waals surface area contributed by atoms with Crippen LogP contribution in [0.4, 0.5) is 0 Å². The van der Waals surface area contributed by atoms with E-state index in [0.717, 1.165) is 38.0 Å². The van der Waals surface area contributed by atoms with Crippen molar-refractivity contribution in [3.63, 3.8) is 0 Å². The van der Waals surface area contributed by atoms with Crippen molar-refractivity contribution in [1.82, 2.24) is 10.2 Å². The molecule has 0 saturated carbocycles. The predicted molar refractivity (Wildman–Crippen MR) is 91.0 cm³/mol. The lowest BCUT2D eigenvalue weighted by atomic mass is 9.87. The minimum atomic E-state index is -0.910. The van der Waals surface area contributed by atoms with Gasteiger partial charge in [-0.2, -0.15) is 0 Å². The molecule has 1 unspecified atom stereocenters. The van der Waals surface area contributed by atoms with Gasteiger partial charge in [0.2, 0.25) is 5.91 Å². The van der Waals surface area contributed by atoms with Gasteiger partial charge in [0, 0.05) is 33.7 Å². The van der Waals surface area contributed by atoms with E-state index in [9.17, 15) is 9.59 Å². The lowest BCUT2D eigenvalue weighted by molar-refractivity contribution is -0.124. The highest BCUT2D eigenvalue weighted by molar-refractivity contribution is 5.87. The number of carboxylic acids is 1. The Bertz CT molecular complexity index is 573. The SMILES string of the molecule is CNC(=O)CCC1(OC)CCCN(Cc2ccc(C(=O)O)cc2)C1. The third-order valence-corrected chi connectivity index (χ3v) is 4.75. The standard InChI is InChI=1S/C18H26N2O4/c1-19-16(21)8-10-18(24-2)9-3-11-20(13-18)12-14-4-6-15(7-5-14)17(22)23/h4-7H,3,8-13H2,1-2H3,(H,19,21)(H,22,23). The third kappa shape index (κ3) is 4.79. The fraction of sp³-hybridized carbons (Fsp3) is 0.556. The van der Waals surface area contributed by atoms with Gasteiger partial charge in [-0.15, -0.1) is 0 Å². The Kier molecular flexibility index (Phi) is 6.34. The molecule has 0 spiro atoms. The molecule has 1 aliphatic rings. The lowest BCUT2D eigenvalue weighted by Gasteiger charge is -2.42. The van der Waals surface area contributed by atoms with Crippen molar-refractivity contribution in [2.24, 2.45) is 0 Å². The smallest absolute Gasteiger partial charge is 0.335 e. The highest BCUT2D eigenvalue weighted by Crippen LogP contribution is 2.30. The Morgan fingerprint density at radius 1 is 1.33 bits per heavy atom. The highest BCUT2D eigenvalue weighted by atomic mass is 16.5. The molecule has 2 N–H and O–H groups in total. The molecule has 2 rings (SSSR count). The van der Waals surface area contributed by atoms with E-state index in [1.165, 1.54) is 0 Å². The Morgan fingerprint density at radius 2 is 2.04 bits per heavy atom. The van der Waals surface area contributed by atoms with E-state index in [-0.39, 0.29) is 11.5 Å². The molecule has 1 fully saturated rings. The first-order chi connectivity index (χ1) is 11.5. The minimum absolute atomic E-state index is 0.0350. The molecule has 6 heteroatoms. The van der Waals surface area contributed by atoms with E-state index in [0.29, 0.717) is 18.4 Å². The van der Waals surface area contributed by atoms with Crippen LogP contribution in [0.3, 0.4) is 0 Å². The number of likely N-dealkylation sites (tertiary alicyclic amines) is 1. The molecule has 1 saturated heterocycles. The van der Waals surface area contributed by atoms with Gasteiger partial charge in [0.05, 0.1) is 11.2 Å². The second kappa shape index (κ2) is 8.26. The summed E-state index contributed by atoms with van der Waals surface area (Å²) in [6, 6.07) is 6.99. The Labute approximate surface area is 142 Å². The quantitative estimate of drug-likeness (QED) is 0.796. The van der Waals surface area contributed by atoms with E-state index in [2.05, 4.69) is 10.2 Å². The topological polar surface area (TPSA) is 78.9 Å². The molecule has 1 aliphatic heterocycles. The molecule has 132 valence electrons. The summed E-state index contributed by atoms with van der Waals surface area (Å²) >= 11 is 0. The zero-order chi connectivity index (χ0) is 17.6. The molecule has 0 aliphatic carbocycles. The van der Waals surface area contributed by atoms with Gasteiger partial charge in [0.25, 0.3) is 0 Å². The van der Waals surface area contributed by atoms with Crippen LogP contribution in [-0.4, -0.2) is 54.7 Å². The van der Waals surface area contributed by atoms with Crippen LogP contribution >= 0.6 is 0 Å².